The largest absolute Gasteiger partial charge is 0.490 e. The Balaban J connectivity index is 2.61. The molecule has 0 radical (unpaired) electrons. The summed E-state index contributed by atoms with van der Waals surface area (Å²) in [6, 6.07) is 0. The maximum atomic E-state index is 11.9. The summed E-state index contributed by atoms with van der Waals surface area (Å²) in [7, 11) is 0. The Bertz CT molecular complexity index is 247. The van der Waals surface area contributed by atoms with E-state index in [1.165, 1.54) is 6.92 Å². The van der Waals surface area contributed by atoms with Gasteiger partial charge in [0.1, 0.15) is 6.10 Å². The van der Waals surface area contributed by atoms with Crippen LogP contribution in [-0.4, -0.2) is 29.0 Å². The summed E-state index contributed by atoms with van der Waals surface area (Å²) in [5, 5.41) is 9.70. The summed E-state index contributed by atoms with van der Waals surface area (Å²) in [6.45, 7) is 1.39. The van der Waals surface area contributed by atoms with Gasteiger partial charge in [0.2, 0.25) is 0 Å². The van der Waals surface area contributed by atoms with Crippen molar-refractivity contribution < 1.29 is 27.8 Å². The normalized spacial score (nSPS) is 32.5. The highest BCUT2D eigenvalue weighted by Gasteiger charge is 2.46. The van der Waals surface area contributed by atoms with Crippen molar-refractivity contribution in [2.45, 2.75) is 50.5 Å². The molecule has 1 N–H and O–H groups in total. The van der Waals surface area contributed by atoms with Gasteiger partial charge in [0, 0.05) is 0 Å². The van der Waals surface area contributed by atoms with E-state index in [0.717, 1.165) is 6.42 Å². The molecule has 0 saturated heterocycles. The number of ether oxygens (including phenoxy) is 1. The Morgan fingerprint density at radius 3 is 2.53 bits per heavy atom. The summed E-state index contributed by atoms with van der Waals surface area (Å²) in [5.41, 5.74) is -1.35. The third-order valence-corrected chi connectivity index (χ3v) is 2.57. The number of esters is 1. The van der Waals surface area contributed by atoms with Gasteiger partial charge in [-0.1, -0.05) is 6.42 Å². The van der Waals surface area contributed by atoms with E-state index in [2.05, 4.69) is 4.74 Å². The van der Waals surface area contributed by atoms with Gasteiger partial charge in [0.05, 0.1) is 5.60 Å². The zero-order valence-electron chi connectivity index (χ0n) is 8.30. The third kappa shape index (κ3) is 3.09. The molecule has 1 fully saturated rings. The molecule has 0 aliphatic heterocycles. The Labute approximate surface area is 85.2 Å². The molecule has 0 amide bonds. The number of halogens is 3. The number of rotatable bonds is 1. The number of hydrogen-bond donors (Lipinski definition) is 1. The van der Waals surface area contributed by atoms with E-state index in [0.29, 0.717) is 12.8 Å². The summed E-state index contributed by atoms with van der Waals surface area (Å²) in [4.78, 5) is 10.6. The van der Waals surface area contributed by atoms with Crippen LogP contribution < -0.4 is 0 Å². The smallest absolute Gasteiger partial charge is 0.453 e. The van der Waals surface area contributed by atoms with Crippen molar-refractivity contribution in [1.82, 2.24) is 0 Å². The van der Waals surface area contributed by atoms with Crippen LogP contribution in [0.25, 0.3) is 0 Å². The number of aliphatic hydroxyl groups is 1. The van der Waals surface area contributed by atoms with E-state index < -0.39 is 23.9 Å². The van der Waals surface area contributed by atoms with Crippen molar-refractivity contribution in [3.05, 3.63) is 0 Å². The molecule has 0 heterocycles. The number of hydrogen-bond acceptors (Lipinski definition) is 3. The summed E-state index contributed by atoms with van der Waals surface area (Å²) >= 11 is 0. The second kappa shape index (κ2) is 4.00. The first-order valence-electron chi connectivity index (χ1n) is 4.73. The van der Waals surface area contributed by atoms with E-state index in [-0.39, 0.29) is 6.42 Å². The second-order valence-electron chi connectivity index (χ2n) is 3.99. The lowest BCUT2D eigenvalue weighted by molar-refractivity contribution is -0.217. The van der Waals surface area contributed by atoms with E-state index in [9.17, 15) is 23.1 Å². The molecule has 2 unspecified atom stereocenters. The average Bonchev–Trinajstić information content (AvgIpc) is 2.06. The predicted molar refractivity (Wildman–Crippen MR) is 45.0 cm³/mol. The van der Waals surface area contributed by atoms with Gasteiger partial charge in [-0.15, -0.1) is 0 Å². The van der Waals surface area contributed by atoms with Gasteiger partial charge in [-0.05, 0) is 26.2 Å². The Morgan fingerprint density at radius 2 is 2.07 bits per heavy atom. The molecule has 1 rings (SSSR count). The Kier molecular flexibility index (Phi) is 3.28. The van der Waals surface area contributed by atoms with Crippen LogP contribution in [0.15, 0.2) is 0 Å². The van der Waals surface area contributed by atoms with Crippen LogP contribution in [0, 0.1) is 0 Å². The van der Waals surface area contributed by atoms with Gasteiger partial charge in [-0.3, -0.25) is 0 Å². The van der Waals surface area contributed by atoms with Gasteiger partial charge in [0.15, 0.2) is 0 Å². The topological polar surface area (TPSA) is 46.5 Å². The molecular formula is C9H13F3O3. The highest BCUT2D eigenvalue weighted by molar-refractivity contribution is 5.75. The standard InChI is InChI=1S/C9H13F3O3/c1-8(14)5-3-2-4-6(8)15-7(13)9(10,11)12/h6,14H,2-5H2,1H3. The maximum Gasteiger partial charge on any atom is 0.490 e. The molecule has 15 heavy (non-hydrogen) atoms. The fourth-order valence-corrected chi connectivity index (χ4v) is 1.67. The van der Waals surface area contributed by atoms with Gasteiger partial charge < -0.3 is 9.84 Å². The average molecular weight is 226 g/mol. The lowest BCUT2D eigenvalue weighted by Crippen LogP contribution is -2.46. The summed E-state index contributed by atoms with van der Waals surface area (Å²) < 4.78 is 40.0. The molecule has 1 aliphatic carbocycles. The molecule has 88 valence electrons. The van der Waals surface area contributed by atoms with E-state index >= 15 is 0 Å². The van der Waals surface area contributed by atoms with Crippen molar-refractivity contribution in [3.63, 3.8) is 0 Å². The van der Waals surface area contributed by atoms with Gasteiger partial charge in [0.25, 0.3) is 0 Å². The maximum absolute atomic E-state index is 11.9. The summed E-state index contributed by atoms with van der Waals surface area (Å²) in [6.07, 6.45) is -4.04. The Hall–Kier alpha value is -0.780. The van der Waals surface area contributed by atoms with Crippen molar-refractivity contribution in [1.29, 1.82) is 0 Å². The number of carbonyl (C=O) groups is 1. The monoisotopic (exact) mass is 226 g/mol. The van der Waals surface area contributed by atoms with E-state index in [1.54, 1.807) is 0 Å². The zero-order chi connectivity index (χ0) is 11.7. The highest BCUT2D eigenvalue weighted by atomic mass is 19.4. The second-order valence-corrected chi connectivity index (χ2v) is 3.99. The third-order valence-electron chi connectivity index (χ3n) is 2.57. The number of alkyl halides is 3. The van der Waals surface area contributed by atoms with Crippen molar-refractivity contribution in [2.75, 3.05) is 0 Å². The van der Waals surface area contributed by atoms with Gasteiger partial charge in [-0.2, -0.15) is 13.2 Å². The minimum absolute atomic E-state index is 0.273. The molecular weight excluding hydrogens is 213 g/mol. The molecule has 1 saturated carbocycles. The first-order valence-corrected chi connectivity index (χ1v) is 4.73. The molecule has 0 aromatic heterocycles. The Morgan fingerprint density at radius 1 is 1.47 bits per heavy atom. The lowest BCUT2D eigenvalue weighted by atomic mass is 9.84. The molecule has 6 heteroatoms. The van der Waals surface area contributed by atoms with Crippen LogP contribution in [0.5, 0.6) is 0 Å². The van der Waals surface area contributed by atoms with Crippen LogP contribution in [0.3, 0.4) is 0 Å². The van der Waals surface area contributed by atoms with E-state index in [4.69, 9.17) is 0 Å². The molecule has 0 bridgehead atoms. The van der Waals surface area contributed by atoms with Crippen molar-refractivity contribution in [2.24, 2.45) is 0 Å². The van der Waals surface area contributed by atoms with Crippen molar-refractivity contribution in [3.8, 4) is 0 Å². The van der Waals surface area contributed by atoms with Crippen LogP contribution in [0.4, 0.5) is 13.2 Å². The van der Waals surface area contributed by atoms with Gasteiger partial charge >= 0.3 is 12.1 Å². The predicted octanol–water partition coefficient (Wildman–Crippen LogP) is 1.79. The first-order chi connectivity index (χ1) is 6.73. The fourth-order valence-electron chi connectivity index (χ4n) is 1.67. The minimum atomic E-state index is -4.99. The zero-order valence-corrected chi connectivity index (χ0v) is 8.30. The molecule has 0 spiro atoms. The highest BCUT2D eigenvalue weighted by Crippen LogP contribution is 2.31. The minimum Gasteiger partial charge on any atom is -0.453 e. The van der Waals surface area contributed by atoms with Crippen LogP contribution in [0.1, 0.15) is 32.6 Å². The molecule has 2 atom stereocenters. The summed E-state index contributed by atoms with van der Waals surface area (Å²) in [5.74, 6) is -2.23. The number of carbonyl (C=O) groups excluding carboxylic acids is 1. The first kappa shape index (κ1) is 12.3. The molecule has 1 aliphatic rings. The quantitative estimate of drug-likeness (QED) is 0.693. The van der Waals surface area contributed by atoms with Crippen LogP contribution in [0.2, 0.25) is 0 Å². The van der Waals surface area contributed by atoms with E-state index in [1.807, 2.05) is 0 Å². The van der Waals surface area contributed by atoms with Crippen LogP contribution >= 0.6 is 0 Å². The molecule has 0 aromatic rings. The molecule has 0 aromatic carbocycles. The molecule has 3 nitrogen and oxygen atoms in total. The van der Waals surface area contributed by atoms with Gasteiger partial charge in [-0.25, -0.2) is 4.79 Å². The lowest BCUT2D eigenvalue weighted by Gasteiger charge is -2.36. The fraction of sp³-hybridized carbons (Fsp3) is 0.889. The SMILES string of the molecule is CC1(O)CCCCC1OC(=O)C(F)(F)F. The van der Waals surface area contributed by atoms with Crippen LogP contribution in [-0.2, 0) is 9.53 Å². The van der Waals surface area contributed by atoms with Crippen molar-refractivity contribution >= 4 is 5.97 Å².